The molecular weight excluding hydrogens is 250 g/mol. The van der Waals surface area contributed by atoms with Crippen molar-refractivity contribution in [2.75, 3.05) is 13.7 Å². The Hall–Kier alpha value is -1.89. The highest BCUT2D eigenvalue weighted by Gasteiger charge is 2.22. The third kappa shape index (κ3) is 5.52. The number of hydrogen-bond acceptors (Lipinski definition) is 5. The van der Waals surface area contributed by atoms with Gasteiger partial charge in [-0.25, -0.2) is 9.78 Å². The molecule has 0 fully saturated rings. The van der Waals surface area contributed by atoms with Crippen LogP contribution in [0, 0.1) is 0 Å². The lowest BCUT2D eigenvalue weighted by molar-refractivity contribution is -0.145. The summed E-state index contributed by atoms with van der Waals surface area (Å²) in [6.45, 7) is 3.57. The lowest BCUT2D eigenvalue weighted by Gasteiger charge is -2.16. The van der Waals surface area contributed by atoms with Gasteiger partial charge in [0, 0.05) is 18.3 Å². The van der Waals surface area contributed by atoms with Crippen molar-refractivity contribution in [2.45, 2.75) is 32.4 Å². The molecule has 0 aliphatic heterocycles. The van der Waals surface area contributed by atoms with Crippen molar-refractivity contribution in [3.05, 3.63) is 18.2 Å². The predicted molar refractivity (Wildman–Crippen MR) is 67.3 cm³/mol. The van der Waals surface area contributed by atoms with Gasteiger partial charge in [-0.3, -0.25) is 4.79 Å². The summed E-state index contributed by atoms with van der Waals surface area (Å²) in [5.74, 6) is -0.865. The van der Waals surface area contributed by atoms with Gasteiger partial charge in [-0.15, -0.1) is 0 Å². The minimum Gasteiger partial charge on any atom is -0.467 e. The molecule has 1 amide bonds. The van der Waals surface area contributed by atoms with Gasteiger partial charge in [0.15, 0.2) is 0 Å². The normalized spacial score (nSPS) is 12.2. The van der Waals surface area contributed by atoms with Gasteiger partial charge in [-0.05, 0) is 13.8 Å². The number of aromatic amines is 1. The van der Waals surface area contributed by atoms with Gasteiger partial charge in [0.1, 0.15) is 12.6 Å². The molecule has 0 aromatic carbocycles. The van der Waals surface area contributed by atoms with Crippen LogP contribution < -0.4 is 5.32 Å². The van der Waals surface area contributed by atoms with E-state index in [-0.39, 0.29) is 18.6 Å². The minimum atomic E-state index is -0.756. The second kappa shape index (κ2) is 7.52. The topological polar surface area (TPSA) is 93.3 Å². The van der Waals surface area contributed by atoms with Gasteiger partial charge in [0.25, 0.3) is 0 Å². The number of methoxy groups -OCH3 is 1. The highest BCUT2D eigenvalue weighted by atomic mass is 16.5. The van der Waals surface area contributed by atoms with Crippen LogP contribution in [0.1, 0.15) is 19.5 Å². The maximum Gasteiger partial charge on any atom is 0.328 e. The van der Waals surface area contributed by atoms with Crippen LogP contribution >= 0.6 is 0 Å². The van der Waals surface area contributed by atoms with E-state index in [1.165, 1.54) is 13.4 Å². The molecule has 2 N–H and O–H groups in total. The molecule has 0 unspecified atom stereocenters. The molecule has 1 atom stereocenters. The van der Waals surface area contributed by atoms with Gasteiger partial charge in [0.05, 0.1) is 19.5 Å². The van der Waals surface area contributed by atoms with Gasteiger partial charge in [-0.1, -0.05) is 0 Å². The fourth-order valence-corrected chi connectivity index (χ4v) is 1.43. The zero-order valence-electron chi connectivity index (χ0n) is 11.3. The number of hydrogen-bond donors (Lipinski definition) is 2. The van der Waals surface area contributed by atoms with Crippen LogP contribution in [0.25, 0.3) is 0 Å². The van der Waals surface area contributed by atoms with Crippen molar-refractivity contribution in [3.63, 3.8) is 0 Å². The third-order valence-electron chi connectivity index (χ3n) is 2.35. The average molecular weight is 269 g/mol. The Kier molecular flexibility index (Phi) is 6.01. The Morgan fingerprint density at radius 3 is 2.74 bits per heavy atom. The lowest BCUT2D eigenvalue weighted by Crippen LogP contribution is -2.44. The van der Waals surface area contributed by atoms with Crippen LogP contribution in [-0.2, 0) is 25.5 Å². The molecule has 106 valence electrons. The largest absolute Gasteiger partial charge is 0.467 e. The first kappa shape index (κ1) is 15.2. The second-order valence-electron chi connectivity index (χ2n) is 4.28. The molecule has 0 aliphatic rings. The number of carbonyl (C=O) groups excluding carboxylic acids is 2. The summed E-state index contributed by atoms with van der Waals surface area (Å²) in [7, 11) is 1.28. The molecule has 0 saturated carbocycles. The number of aromatic nitrogens is 2. The minimum absolute atomic E-state index is 0.0464. The molecule has 7 heteroatoms. The summed E-state index contributed by atoms with van der Waals surface area (Å²) < 4.78 is 9.83. The Morgan fingerprint density at radius 1 is 1.47 bits per heavy atom. The standard InChI is InChI=1S/C12H19N3O4/c1-8(2)19-6-11(16)15-10(12(17)18-3)4-9-5-13-7-14-9/h5,7-8,10H,4,6H2,1-3H3,(H,13,14)(H,15,16)/t10-/m1/s1. The first-order chi connectivity index (χ1) is 9.02. The summed E-state index contributed by atoms with van der Waals surface area (Å²) in [5, 5.41) is 2.58. The maximum atomic E-state index is 11.6. The molecule has 0 radical (unpaired) electrons. The van der Waals surface area contributed by atoms with Crippen LogP contribution in [0.5, 0.6) is 0 Å². The first-order valence-corrected chi connectivity index (χ1v) is 5.99. The van der Waals surface area contributed by atoms with E-state index in [4.69, 9.17) is 4.74 Å². The quantitative estimate of drug-likeness (QED) is 0.681. The Labute approximate surface area is 111 Å². The van der Waals surface area contributed by atoms with E-state index in [2.05, 4.69) is 20.0 Å². The van der Waals surface area contributed by atoms with E-state index in [0.29, 0.717) is 6.42 Å². The zero-order chi connectivity index (χ0) is 14.3. The van der Waals surface area contributed by atoms with E-state index in [1.807, 2.05) is 13.8 Å². The summed E-state index contributed by atoms with van der Waals surface area (Å²) in [5.41, 5.74) is 0.737. The highest BCUT2D eigenvalue weighted by Crippen LogP contribution is 2.00. The number of esters is 1. The Balaban J connectivity index is 2.54. The number of ether oxygens (including phenoxy) is 2. The molecule has 1 aromatic heterocycles. The molecule has 0 aliphatic carbocycles. The van der Waals surface area contributed by atoms with Crippen LogP contribution in [0.3, 0.4) is 0 Å². The molecule has 19 heavy (non-hydrogen) atoms. The van der Waals surface area contributed by atoms with Gasteiger partial charge in [0.2, 0.25) is 5.91 Å². The van der Waals surface area contributed by atoms with Crippen molar-refractivity contribution >= 4 is 11.9 Å². The van der Waals surface area contributed by atoms with Gasteiger partial charge < -0.3 is 19.8 Å². The fraction of sp³-hybridized carbons (Fsp3) is 0.583. The fourth-order valence-electron chi connectivity index (χ4n) is 1.43. The van der Waals surface area contributed by atoms with Crippen LogP contribution in [0.15, 0.2) is 12.5 Å². The zero-order valence-corrected chi connectivity index (χ0v) is 11.3. The summed E-state index contributed by atoms with van der Waals surface area (Å²) in [4.78, 5) is 30.0. The Bertz CT molecular complexity index is 403. The summed E-state index contributed by atoms with van der Waals surface area (Å²) in [6.07, 6.45) is 3.34. The maximum absolute atomic E-state index is 11.6. The molecule has 1 heterocycles. The number of imidazole rings is 1. The van der Waals surface area contributed by atoms with Gasteiger partial charge >= 0.3 is 5.97 Å². The number of rotatable bonds is 7. The Morgan fingerprint density at radius 2 is 2.21 bits per heavy atom. The summed E-state index contributed by atoms with van der Waals surface area (Å²) in [6, 6.07) is -0.756. The van der Waals surface area contributed by atoms with Crippen LogP contribution in [-0.4, -0.2) is 47.7 Å². The van der Waals surface area contributed by atoms with E-state index in [1.54, 1.807) is 6.20 Å². The van der Waals surface area contributed by atoms with E-state index in [0.717, 1.165) is 5.69 Å². The summed E-state index contributed by atoms with van der Waals surface area (Å²) >= 11 is 0. The van der Waals surface area contributed by atoms with Crippen molar-refractivity contribution < 1.29 is 19.1 Å². The van der Waals surface area contributed by atoms with Crippen molar-refractivity contribution in [2.24, 2.45) is 0 Å². The number of H-pyrrole nitrogens is 1. The monoisotopic (exact) mass is 269 g/mol. The third-order valence-corrected chi connectivity index (χ3v) is 2.35. The predicted octanol–water partition coefficient (Wildman–Crippen LogP) is 0.0350. The smallest absolute Gasteiger partial charge is 0.328 e. The number of amides is 1. The molecule has 0 bridgehead atoms. The first-order valence-electron chi connectivity index (χ1n) is 5.99. The molecule has 1 aromatic rings. The van der Waals surface area contributed by atoms with E-state index >= 15 is 0 Å². The number of nitrogens with one attached hydrogen (secondary N) is 2. The van der Waals surface area contributed by atoms with Crippen LogP contribution in [0.4, 0.5) is 0 Å². The highest BCUT2D eigenvalue weighted by molar-refractivity contribution is 5.85. The van der Waals surface area contributed by atoms with Crippen molar-refractivity contribution in [1.29, 1.82) is 0 Å². The van der Waals surface area contributed by atoms with Gasteiger partial charge in [-0.2, -0.15) is 0 Å². The molecule has 0 spiro atoms. The molecule has 1 rings (SSSR count). The molecule has 0 saturated heterocycles. The molecular formula is C12H19N3O4. The van der Waals surface area contributed by atoms with E-state index in [9.17, 15) is 9.59 Å². The van der Waals surface area contributed by atoms with Crippen LogP contribution in [0.2, 0.25) is 0 Å². The van der Waals surface area contributed by atoms with Crippen molar-refractivity contribution in [1.82, 2.24) is 15.3 Å². The number of carbonyl (C=O) groups is 2. The lowest BCUT2D eigenvalue weighted by atomic mass is 10.1. The second-order valence-corrected chi connectivity index (χ2v) is 4.28. The van der Waals surface area contributed by atoms with E-state index < -0.39 is 12.0 Å². The average Bonchev–Trinajstić information content (AvgIpc) is 2.87. The number of nitrogens with zero attached hydrogens (tertiary/aromatic N) is 1. The SMILES string of the molecule is COC(=O)[C@@H](Cc1cnc[nH]1)NC(=O)COC(C)C. The molecule has 7 nitrogen and oxygen atoms in total. The van der Waals surface area contributed by atoms with Crippen molar-refractivity contribution in [3.8, 4) is 0 Å².